The van der Waals surface area contributed by atoms with Gasteiger partial charge in [-0.05, 0) is 53.4 Å². The lowest BCUT2D eigenvalue weighted by Gasteiger charge is -2.35. The Morgan fingerprint density at radius 3 is 2.40 bits per heavy atom. The van der Waals surface area contributed by atoms with E-state index in [2.05, 4.69) is 20.7 Å². The number of hydrogen-bond acceptors (Lipinski definition) is 8. The third-order valence-electron chi connectivity index (χ3n) is 7.20. The molecule has 1 aliphatic carbocycles. The minimum absolute atomic E-state index is 0.0399. The van der Waals surface area contributed by atoms with Crippen LogP contribution in [0.25, 0.3) is 11.3 Å². The molecular formula is C26H36F5N5O5S. The number of hydrogen-bond donors (Lipinski definition) is 3. The van der Waals surface area contributed by atoms with Crippen LogP contribution in [0.5, 0.6) is 5.75 Å². The number of anilines is 1. The average molecular weight is 626 g/mol. The number of amides is 1. The Hall–Kier alpha value is -3.01. The van der Waals surface area contributed by atoms with Crippen LogP contribution in [0.3, 0.4) is 0 Å². The predicted molar refractivity (Wildman–Crippen MR) is 145 cm³/mol. The van der Waals surface area contributed by atoms with Crippen LogP contribution in [0.1, 0.15) is 68.9 Å². The molecule has 2 aromatic rings. The van der Waals surface area contributed by atoms with E-state index in [-0.39, 0.29) is 67.3 Å². The highest BCUT2D eigenvalue weighted by Gasteiger charge is 2.38. The Bertz CT molecular complexity index is 1390. The summed E-state index contributed by atoms with van der Waals surface area (Å²) in [5, 5.41) is 19.9. The van der Waals surface area contributed by atoms with E-state index in [4.69, 9.17) is 4.74 Å². The summed E-state index contributed by atoms with van der Waals surface area (Å²) in [6.07, 6.45) is -2.50. The number of aryl methyl sites for hydroxylation is 1. The monoisotopic (exact) mass is 625 g/mol. The molecule has 16 heteroatoms. The van der Waals surface area contributed by atoms with Gasteiger partial charge >= 0.3 is 12.8 Å². The number of ether oxygens (including phenoxy) is 1. The third-order valence-corrected chi connectivity index (χ3v) is 8.88. The molecule has 0 aliphatic heterocycles. The van der Waals surface area contributed by atoms with Gasteiger partial charge in [0.1, 0.15) is 21.4 Å². The van der Waals surface area contributed by atoms with Crippen molar-refractivity contribution in [3.8, 4) is 17.0 Å². The maximum Gasteiger partial charge on any atom is 0.391 e. The van der Waals surface area contributed by atoms with Gasteiger partial charge in [-0.2, -0.15) is 27.1 Å². The summed E-state index contributed by atoms with van der Waals surface area (Å²) < 4.78 is 95.3. The van der Waals surface area contributed by atoms with Gasteiger partial charge < -0.3 is 20.5 Å². The normalized spacial score (nSPS) is 20.0. The van der Waals surface area contributed by atoms with Crippen molar-refractivity contribution in [2.75, 3.05) is 18.1 Å². The van der Waals surface area contributed by atoms with E-state index in [1.165, 1.54) is 18.5 Å². The largest absolute Gasteiger partial charge is 0.434 e. The zero-order chi connectivity index (χ0) is 31.7. The van der Waals surface area contributed by atoms with Gasteiger partial charge in [0.25, 0.3) is 5.91 Å². The van der Waals surface area contributed by atoms with Gasteiger partial charge in [0.05, 0.1) is 28.5 Å². The highest BCUT2D eigenvalue weighted by atomic mass is 32.2. The molecule has 0 unspecified atom stereocenters. The molecule has 42 heavy (non-hydrogen) atoms. The molecule has 1 saturated carbocycles. The molecular weight excluding hydrogens is 589 g/mol. The number of carbonyl (C=O) groups is 1. The molecule has 0 bridgehead atoms. The summed E-state index contributed by atoms with van der Waals surface area (Å²) in [5.41, 5.74) is -2.28. The number of aliphatic hydroxyl groups is 1. The maximum absolute atomic E-state index is 13.4. The minimum Gasteiger partial charge on any atom is -0.434 e. The fourth-order valence-electron chi connectivity index (χ4n) is 5.17. The van der Waals surface area contributed by atoms with Crippen molar-refractivity contribution in [3.63, 3.8) is 0 Å². The highest BCUT2D eigenvalue weighted by Crippen LogP contribution is 2.37. The fraction of sp³-hybridized carbons (Fsp3) is 0.654. The lowest BCUT2D eigenvalue weighted by Crippen LogP contribution is -2.47. The second kappa shape index (κ2) is 12.3. The molecule has 1 amide bonds. The first-order valence-corrected chi connectivity index (χ1v) is 15.3. The van der Waals surface area contributed by atoms with Gasteiger partial charge in [-0.1, -0.05) is 0 Å². The summed E-state index contributed by atoms with van der Waals surface area (Å²) >= 11 is 0. The second-order valence-corrected chi connectivity index (χ2v) is 13.6. The number of halogens is 5. The molecule has 1 fully saturated rings. The molecule has 2 aromatic heterocycles. The van der Waals surface area contributed by atoms with Crippen LogP contribution in [0.15, 0.2) is 12.3 Å². The Labute approximate surface area is 241 Å². The van der Waals surface area contributed by atoms with Crippen molar-refractivity contribution < 1.29 is 45.0 Å². The Morgan fingerprint density at radius 2 is 1.88 bits per heavy atom. The molecule has 0 atom stereocenters. The van der Waals surface area contributed by atoms with E-state index in [0.717, 1.165) is 18.5 Å². The summed E-state index contributed by atoms with van der Waals surface area (Å²) in [4.78, 5) is 17.2. The van der Waals surface area contributed by atoms with Crippen LogP contribution in [0.4, 0.5) is 27.8 Å². The van der Waals surface area contributed by atoms with Crippen molar-refractivity contribution in [1.82, 2.24) is 20.1 Å². The lowest BCUT2D eigenvalue weighted by atomic mass is 9.84. The molecule has 1 aliphatic rings. The van der Waals surface area contributed by atoms with Crippen LogP contribution in [-0.4, -0.2) is 76.2 Å². The standard InChI is InChI=1S/C26H36F5N5O5S/c1-6-36-21(17-12-32-19(11-18(17)41-23(27)28)34-24(3,4)13-26(29,30)31)15(2)20(35-36)22(37)33-14-25(38)9-7-16(8-10-25)42(5,39)40/h11-12,16,23,38H,6-10,13-14H2,1-5H3,(H,32,34)(H,33,37)/t16-,25+. The number of pyridine rings is 1. The number of rotatable bonds is 11. The number of carbonyl (C=O) groups excluding carboxylic acids is 1. The molecule has 10 nitrogen and oxygen atoms in total. The fourth-order valence-corrected chi connectivity index (χ4v) is 6.26. The molecule has 3 rings (SSSR count). The molecule has 0 aromatic carbocycles. The van der Waals surface area contributed by atoms with Crippen LogP contribution < -0.4 is 15.4 Å². The number of nitrogens with zero attached hydrogens (tertiary/aromatic N) is 3. The molecule has 3 N–H and O–H groups in total. The number of sulfone groups is 1. The van der Waals surface area contributed by atoms with E-state index in [1.807, 2.05) is 0 Å². The first-order valence-electron chi connectivity index (χ1n) is 13.3. The third kappa shape index (κ3) is 8.52. The smallest absolute Gasteiger partial charge is 0.391 e. The van der Waals surface area contributed by atoms with Crippen molar-refractivity contribution in [2.24, 2.45) is 0 Å². The number of aromatic nitrogens is 3. The molecule has 2 heterocycles. The van der Waals surface area contributed by atoms with E-state index in [1.54, 1.807) is 13.8 Å². The van der Waals surface area contributed by atoms with Crippen LogP contribution in [0.2, 0.25) is 0 Å². The quantitative estimate of drug-likeness (QED) is 0.312. The highest BCUT2D eigenvalue weighted by molar-refractivity contribution is 7.91. The van der Waals surface area contributed by atoms with E-state index >= 15 is 0 Å². The first kappa shape index (κ1) is 33.5. The second-order valence-electron chi connectivity index (χ2n) is 11.3. The molecule has 0 spiro atoms. The van der Waals surface area contributed by atoms with E-state index in [9.17, 15) is 40.3 Å². The SMILES string of the molecule is CCn1nc(C(=O)NC[C@]2(O)CC[C@@H](S(C)(=O)=O)CC2)c(C)c1-c1cnc(NC(C)(C)CC(F)(F)F)cc1OC(F)F. The number of alkyl halides is 5. The predicted octanol–water partition coefficient (Wildman–Crippen LogP) is 4.47. The minimum atomic E-state index is -4.48. The van der Waals surface area contributed by atoms with Crippen LogP contribution in [-0.2, 0) is 16.4 Å². The van der Waals surface area contributed by atoms with Crippen molar-refractivity contribution in [1.29, 1.82) is 0 Å². The molecule has 0 saturated heterocycles. The van der Waals surface area contributed by atoms with E-state index < -0.39 is 51.3 Å². The Kier molecular flexibility index (Phi) is 9.81. The topological polar surface area (TPSA) is 135 Å². The summed E-state index contributed by atoms with van der Waals surface area (Å²) in [7, 11) is -3.24. The van der Waals surface area contributed by atoms with Gasteiger partial charge in [-0.3, -0.25) is 9.48 Å². The van der Waals surface area contributed by atoms with Crippen LogP contribution >= 0.6 is 0 Å². The zero-order valence-electron chi connectivity index (χ0n) is 24.0. The summed E-state index contributed by atoms with van der Waals surface area (Å²) in [5.74, 6) is -1.15. The van der Waals surface area contributed by atoms with Gasteiger partial charge in [0.2, 0.25) is 0 Å². The van der Waals surface area contributed by atoms with Crippen molar-refractivity contribution >= 4 is 21.6 Å². The number of nitrogens with one attached hydrogen (secondary N) is 2. The first-order chi connectivity index (χ1) is 19.2. The lowest BCUT2D eigenvalue weighted by molar-refractivity contribution is -0.142. The van der Waals surface area contributed by atoms with Gasteiger partial charge in [-0.15, -0.1) is 0 Å². The molecule has 0 radical (unpaired) electrons. The van der Waals surface area contributed by atoms with Crippen molar-refractivity contribution in [3.05, 3.63) is 23.5 Å². The maximum atomic E-state index is 13.4. The summed E-state index contributed by atoms with van der Waals surface area (Å²) in [6.45, 7) is 2.63. The Balaban J connectivity index is 1.87. The van der Waals surface area contributed by atoms with Crippen molar-refractivity contribution in [2.45, 2.75) is 95.5 Å². The van der Waals surface area contributed by atoms with Gasteiger partial charge in [-0.25, -0.2) is 13.4 Å². The summed E-state index contributed by atoms with van der Waals surface area (Å²) in [6, 6.07) is 1.06. The van der Waals surface area contributed by atoms with Gasteiger partial charge in [0.15, 0.2) is 5.69 Å². The average Bonchev–Trinajstić information content (AvgIpc) is 3.16. The Morgan fingerprint density at radius 1 is 1.26 bits per heavy atom. The van der Waals surface area contributed by atoms with Gasteiger partial charge in [0, 0.05) is 42.7 Å². The van der Waals surface area contributed by atoms with E-state index in [0.29, 0.717) is 5.56 Å². The van der Waals surface area contributed by atoms with Crippen LogP contribution in [0, 0.1) is 6.92 Å². The zero-order valence-corrected chi connectivity index (χ0v) is 24.8. The molecule has 236 valence electrons.